The fourth-order valence-electron chi connectivity index (χ4n) is 2.89. The second-order valence-electron chi connectivity index (χ2n) is 6.76. The van der Waals surface area contributed by atoms with Crippen molar-refractivity contribution in [3.63, 3.8) is 0 Å². The lowest BCUT2D eigenvalue weighted by Gasteiger charge is -2.13. The summed E-state index contributed by atoms with van der Waals surface area (Å²) in [6.45, 7) is 3.07. The summed E-state index contributed by atoms with van der Waals surface area (Å²) in [5, 5.41) is 12.6. The van der Waals surface area contributed by atoms with E-state index in [2.05, 4.69) is 5.32 Å². The number of aromatic hydroxyl groups is 1. The van der Waals surface area contributed by atoms with Gasteiger partial charge >= 0.3 is 0 Å². The van der Waals surface area contributed by atoms with Gasteiger partial charge in [-0.05, 0) is 67.4 Å². The fourth-order valence-corrected chi connectivity index (χ4v) is 2.89. The summed E-state index contributed by atoms with van der Waals surface area (Å²) in [5.74, 6) is 1.06. The van der Waals surface area contributed by atoms with Crippen LogP contribution in [0.2, 0.25) is 0 Å². The van der Waals surface area contributed by atoms with E-state index in [0.717, 1.165) is 23.3 Å². The zero-order valence-corrected chi connectivity index (χ0v) is 16.0. The van der Waals surface area contributed by atoms with Crippen molar-refractivity contribution in [2.24, 2.45) is 0 Å². The van der Waals surface area contributed by atoms with Crippen LogP contribution in [0.4, 0.5) is 0 Å². The van der Waals surface area contributed by atoms with Crippen molar-refractivity contribution in [2.45, 2.75) is 26.0 Å². The maximum Gasteiger partial charge on any atom is 0.179 e. The zero-order valence-electron chi connectivity index (χ0n) is 16.0. The predicted molar refractivity (Wildman–Crippen MR) is 111 cm³/mol. The lowest BCUT2D eigenvalue weighted by atomic mass is 10.0. The number of hydrogen-bond donors (Lipinski definition) is 2. The molecule has 28 heavy (non-hydrogen) atoms. The number of rotatable bonds is 9. The Kier molecular flexibility index (Phi) is 6.82. The van der Waals surface area contributed by atoms with Gasteiger partial charge in [0.1, 0.15) is 18.1 Å². The molecular weight excluding hydrogens is 350 g/mol. The van der Waals surface area contributed by atoms with Gasteiger partial charge in [-0.2, -0.15) is 0 Å². The number of ketones is 1. The van der Waals surface area contributed by atoms with Crippen LogP contribution >= 0.6 is 0 Å². The Hall–Kier alpha value is -3.11. The molecule has 0 radical (unpaired) electrons. The van der Waals surface area contributed by atoms with Crippen molar-refractivity contribution in [3.8, 4) is 11.5 Å². The summed E-state index contributed by atoms with van der Waals surface area (Å²) >= 11 is 0. The molecule has 0 saturated carbocycles. The van der Waals surface area contributed by atoms with Crippen LogP contribution < -0.4 is 10.1 Å². The predicted octanol–water partition coefficient (Wildman–Crippen LogP) is 4.37. The van der Waals surface area contributed by atoms with Crippen LogP contribution in [0.1, 0.15) is 28.4 Å². The second-order valence-corrected chi connectivity index (χ2v) is 6.76. The van der Waals surface area contributed by atoms with Gasteiger partial charge in [-0.3, -0.25) is 4.79 Å². The first-order valence-corrected chi connectivity index (χ1v) is 9.44. The number of phenols is 1. The van der Waals surface area contributed by atoms with Crippen LogP contribution in [-0.4, -0.2) is 23.5 Å². The number of benzene rings is 3. The van der Waals surface area contributed by atoms with Crippen LogP contribution in [0.15, 0.2) is 78.9 Å². The van der Waals surface area contributed by atoms with E-state index in [-0.39, 0.29) is 17.6 Å². The van der Waals surface area contributed by atoms with E-state index in [1.165, 1.54) is 0 Å². The largest absolute Gasteiger partial charge is 0.508 e. The van der Waals surface area contributed by atoms with Gasteiger partial charge in [0.15, 0.2) is 5.78 Å². The highest BCUT2D eigenvalue weighted by atomic mass is 16.5. The molecule has 0 spiro atoms. The average molecular weight is 375 g/mol. The van der Waals surface area contributed by atoms with Gasteiger partial charge in [0.2, 0.25) is 0 Å². The molecule has 0 aliphatic heterocycles. The number of Topliss-reactive ketones (excluding diaryl/α,β-unsaturated/α-hetero) is 1. The van der Waals surface area contributed by atoms with Gasteiger partial charge in [0.05, 0.1) is 6.04 Å². The first-order valence-electron chi connectivity index (χ1n) is 9.44. The molecule has 0 bridgehead atoms. The van der Waals surface area contributed by atoms with Gasteiger partial charge < -0.3 is 15.2 Å². The molecule has 0 aromatic heterocycles. The van der Waals surface area contributed by atoms with Gasteiger partial charge in [-0.25, -0.2) is 0 Å². The van der Waals surface area contributed by atoms with Gasteiger partial charge in [0.25, 0.3) is 0 Å². The second kappa shape index (κ2) is 9.72. The molecule has 4 heteroatoms. The van der Waals surface area contributed by atoms with Crippen molar-refractivity contribution >= 4 is 5.78 Å². The molecule has 3 aromatic carbocycles. The number of nitrogens with one attached hydrogen (secondary N) is 1. The van der Waals surface area contributed by atoms with Gasteiger partial charge in [0, 0.05) is 5.56 Å². The third-order valence-corrected chi connectivity index (χ3v) is 4.58. The van der Waals surface area contributed by atoms with E-state index >= 15 is 0 Å². The number of ether oxygens (including phenoxy) is 1. The summed E-state index contributed by atoms with van der Waals surface area (Å²) in [6, 6.07) is 24.1. The Morgan fingerprint density at radius 2 is 1.61 bits per heavy atom. The molecule has 0 aliphatic carbocycles. The highest BCUT2D eigenvalue weighted by Gasteiger charge is 2.14. The molecule has 0 unspecified atom stereocenters. The summed E-state index contributed by atoms with van der Waals surface area (Å²) in [6.07, 6.45) is 0.796. The molecule has 1 atom stereocenters. The highest BCUT2D eigenvalue weighted by molar-refractivity contribution is 5.99. The molecule has 4 nitrogen and oxygen atoms in total. The van der Waals surface area contributed by atoms with E-state index in [1.807, 2.05) is 61.5 Å². The maximum absolute atomic E-state index is 12.6. The lowest BCUT2D eigenvalue weighted by molar-refractivity contribution is 0.0951. The monoisotopic (exact) mass is 375 g/mol. The first-order chi connectivity index (χ1) is 13.6. The minimum absolute atomic E-state index is 0.0558. The van der Waals surface area contributed by atoms with Crippen molar-refractivity contribution in [3.05, 3.63) is 95.6 Å². The normalized spacial score (nSPS) is 11.8. The maximum atomic E-state index is 12.6. The highest BCUT2D eigenvalue weighted by Crippen LogP contribution is 2.15. The molecule has 0 aliphatic rings. The van der Waals surface area contributed by atoms with Gasteiger partial charge in [-0.15, -0.1) is 0 Å². The SMILES string of the molecule is C[C@H](NCCc1ccc(O)cc1)C(=O)c1ccc(OCc2ccccc2)cc1. The summed E-state index contributed by atoms with van der Waals surface area (Å²) < 4.78 is 5.76. The first kappa shape index (κ1) is 19.6. The summed E-state index contributed by atoms with van der Waals surface area (Å²) in [7, 11) is 0. The van der Waals surface area contributed by atoms with E-state index < -0.39 is 0 Å². The third-order valence-electron chi connectivity index (χ3n) is 4.58. The molecule has 0 heterocycles. The average Bonchev–Trinajstić information content (AvgIpc) is 2.74. The molecule has 3 rings (SSSR count). The van der Waals surface area contributed by atoms with Crippen LogP contribution in [-0.2, 0) is 13.0 Å². The Bertz CT molecular complexity index is 874. The number of carbonyl (C=O) groups excluding carboxylic acids is 1. The zero-order chi connectivity index (χ0) is 19.8. The molecule has 3 aromatic rings. The Balaban J connectivity index is 1.47. The lowest BCUT2D eigenvalue weighted by Crippen LogP contribution is -2.35. The third kappa shape index (κ3) is 5.69. The fraction of sp³-hybridized carbons (Fsp3) is 0.208. The van der Waals surface area contributed by atoms with Crippen LogP contribution in [0.5, 0.6) is 11.5 Å². The van der Waals surface area contributed by atoms with Crippen LogP contribution in [0.25, 0.3) is 0 Å². The van der Waals surface area contributed by atoms with E-state index in [0.29, 0.717) is 18.7 Å². The number of hydrogen-bond acceptors (Lipinski definition) is 4. The van der Waals surface area contributed by atoms with Crippen molar-refractivity contribution in [1.82, 2.24) is 5.32 Å². The van der Waals surface area contributed by atoms with Crippen molar-refractivity contribution in [2.75, 3.05) is 6.54 Å². The topological polar surface area (TPSA) is 58.6 Å². The van der Waals surface area contributed by atoms with Crippen molar-refractivity contribution < 1.29 is 14.6 Å². The molecule has 0 amide bonds. The summed E-state index contributed by atoms with van der Waals surface area (Å²) in [5.41, 5.74) is 2.88. The van der Waals surface area contributed by atoms with E-state index in [4.69, 9.17) is 4.74 Å². The van der Waals surface area contributed by atoms with E-state index in [1.54, 1.807) is 24.3 Å². The molecule has 144 valence electrons. The minimum Gasteiger partial charge on any atom is -0.508 e. The minimum atomic E-state index is -0.270. The smallest absolute Gasteiger partial charge is 0.179 e. The molecular formula is C24H25NO3. The Morgan fingerprint density at radius 3 is 2.29 bits per heavy atom. The quantitative estimate of drug-likeness (QED) is 0.545. The van der Waals surface area contributed by atoms with Crippen LogP contribution in [0, 0.1) is 0 Å². The van der Waals surface area contributed by atoms with Crippen molar-refractivity contribution in [1.29, 1.82) is 0 Å². The van der Waals surface area contributed by atoms with Crippen LogP contribution in [0.3, 0.4) is 0 Å². The molecule has 0 fully saturated rings. The standard InChI is InChI=1S/C24H25NO3/c1-18(25-16-15-19-7-11-22(26)12-8-19)24(27)21-9-13-23(14-10-21)28-17-20-5-3-2-4-6-20/h2-14,18,25-26H,15-17H2,1H3/t18-/m0/s1. The number of carbonyl (C=O) groups is 1. The Labute approximate surface area is 165 Å². The van der Waals surface area contributed by atoms with Gasteiger partial charge in [-0.1, -0.05) is 42.5 Å². The summed E-state index contributed by atoms with van der Waals surface area (Å²) in [4.78, 5) is 12.6. The molecule has 0 saturated heterocycles. The number of phenolic OH excluding ortho intramolecular Hbond substituents is 1. The molecule has 2 N–H and O–H groups in total. The van der Waals surface area contributed by atoms with E-state index in [9.17, 15) is 9.90 Å². The Morgan fingerprint density at radius 1 is 0.929 bits per heavy atom.